The average Bonchev–Trinajstić information content (AvgIpc) is 2.45. The summed E-state index contributed by atoms with van der Waals surface area (Å²) < 4.78 is 5.55. The van der Waals surface area contributed by atoms with Gasteiger partial charge in [0.2, 0.25) is 0 Å². The molecule has 0 saturated carbocycles. The van der Waals surface area contributed by atoms with Crippen molar-refractivity contribution in [2.24, 2.45) is 5.84 Å². The molecule has 2 atom stereocenters. The first-order valence-electron chi connectivity index (χ1n) is 6.68. The van der Waals surface area contributed by atoms with Gasteiger partial charge in [-0.2, -0.15) is 0 Å². The van der Waals surface area contributed by atoms with Gasteiger partial charge in [0.15, 0.2) is 0 Å². The van der Waals surface area contributed by atoms with Gasteiger partial charge in [-0.05, 0) is 37.6 Å². The number of nitrogens with two attached hydrogens (primary N) is 1. The van der Waals surface area contributed by atoms with Gasteiger partial charge < -0.3 is 20.2 Å². The summed E-state index contributed by atoms with van der Waals surface area (Å²) in [7, 11) is 0. The Bertz CT molecular complexity index is 493. The van der Waals surface area contributed by atoms with Crippen LogP contribution in [0.15, 0.2) is 18.2 Å². The molecule has 0 radical (unpaired) electrons. The molecule has 0 aromatic heterocycles. The zero-order valence-corrected chi connectivity index (χ0v) is 11.8. The van der Waals surface area contributed by atoms with Crippen LogP contribution in [0.25, 0.3) is 0 Å². The first kappa shape index (κ1) is 14.8. The molecule has 6 heteroatoms. The number of aliphatic hydroxyl groups excluding tert-OH is 1. The lowest BCUT2D eigenvalue weighted by molar-refractivity contribution is -0.0858. The number of aryl methyl sites for hydroxylation is 1. The minimum atomic E-state index is -0.312. The number of nitrogens with zero attached hydrogens (tertiary/aromatic N) is 1. The monoisotopic (exact) mass is 279 g/mol. The molecule has 1 aliphatic heterocycles. The van der Waals surface area contributed by atoms with E-state index in [9.17, 15) is 9.90 Å². The minimum Gasteiger partial charge on any atom is -0.394 e. The van der Waals surface area contributed by atoms with Crippen LogP contribution in [0.5, 0.6) is 0 Å². The summed E-state index contributed by atoms with van der Waals surface area (Å²) in [6, 6.07) is 5.37. The Morgan fingerprint density at radius 2 is 2.30 bits per heavy atom. The number of ether oxygens (including phenoxy) is 1. The number of nitrogen functional groups attached to an aromatic ring is 1. The maximum atomic E-state index is 12.6. The highest BCUT2D eigenvalue weighted by atomic mass is 16.5. The standard InChI is InChI=1S/C14H21N3O3/c1-9-5-11(16-15)3-4-13(9)14(19)17-6-10(2)20-12(7-17)8-18/h3-5,10,12,16,18H,6-8,15H2,1-2H3. The summed E-state index contributed by atoms with van der Waals surface area (Å²) in [6.07, 6.45) is -0.386. The molecule has 0 aliphatic carbocycles. The highest BCUT2D eigenvalue weighted by Crippen LogP contribution is 2.19. The first-order chi connectivity index (χ1) is 9.55. The van der Waals surface area contributed by atoms with E-state index >= 15 is 0 Å². The van der Waals surface area contributed by atoms with Crippen molar-refractivity contribution in [3.05, 3.63) is 29.3 Å². The summed E-state index contributed by atoms with van der Waals surface area (Å²) in [4.78, 5) is 14.3. The van der Waals surface area contributed by atoms with Gasteiger partial charge in [0.05, 0.1) is 18.8 Å². The molecular formula is C14H21N3O3. The number of anilines is 1. The Morgan fingerprint density at radius 3 is 2.90 bits per heavy atom. The second-order valence-electron chi connectivity index (χ2n) is 5.14. The number of nitrogens with one attached hydrogen (secondary N) is 1. The Morgan fingerprint density at radius 1 is 1.55 bits per heavy atom. The number of rotatable bonds is 3. The molecule has 1 saturated heterocycles. The van der Waals surface area contributed by atoms with E-state index < -0.39 is 0 Å². The van der Waals surface area contributed by atoms with E-state index in [1.807, 2.05) is 19.9 Å². The second kappa shape index (κ2) is 6.21. The lowest BCUT2D eigenvalue weighted by atomic mass is 10.1. The van der Waals surface area contributed by atoms with Gasteiger partial charge in [0, 0.05) is 24.3 Å². The molecule has 20 heavy (non-hydrogen) atoms. The van der Waals surface area contributed by atoms with Crippen molar-refractivity contribution < 1.29 is 14.6 Å². The van der Waals surface area contributed by atoms with Crippen molar-refractivity contribution in [3.63, 3.8) is 0 Å². The second-order valence-corrected chi connectivity index (χ2v) is 5.14. The third-order valence-electron chi connectivity index (χ3n) is 3.44. The molecule has 1 fully saturated rings. The number of carbonyl (C=O) groups is 1. The molecule has 110 valence electrons. The molecule has 1 heterocycles. The van der Waals surface area contributed by atoms with Crippen molar-refractivity contribution in [2.75, 3.05) is 25.1 Å². The van der Waals surface area contributed by atoms with Gasteiger partial charge in [-0.3, -0.25) is 10.6 Å². The Hall–Kier alpha value is -1.63. The molecule has 4 N–H and O–H groups in total. The van der Waals surface area contributed by atoms with Gasteiger partial charge in [0.1, 0.15) is 0 Å². The summed E-state index contributed by atoms with van der Waals surface area (Å²) in [6.45, 7) is 4.64. The van der Waals surface area contributed by atoms with Crippen LogP contribution in [0.3, 0.4) is 0 Å². The van der Waals surface area contributed by atoms with Crippen molar-refractivity contribution in [1.29, 1.82) is 0 Å². The summed E-state index contributed by atoms with van der Waals surface area (Å²) in [5.41, 5.74) is 4.84. The zero-order valence-electron chi connectivity index (χ0n) is 11.8. The number of carbonyl (C=O) groups excluding carboxylic acids is 1. The fourth-order valence-corrected chi connectivity index (χ4v) is 2.48. The van der Waals surface area contributed by atoms with E-state index in [-0.39, 0.29) is 24.7 Å². The van der Waals surface area contributed by atoms with E-state index in [4.69, 9.17) is 10.6 Å². The van der Waals surface area contributed by atoms with E-state index in [0.29, 0.717) is 18.7 Å². The van der Waals surface area contributed by atoms with E-state index in [1.54, 1.807) is 17.0 Å². The van der Waals surface area contributed by atoms with Crippen LogP contribution in [-0.2, 0) is 4.74 Å². The average molecular weight is 279 g/mol. The summed E-state index contributed by atoms with van der Waals surface area (Å²) in [5, 5.41) is 9.22. The fourth-order valence-electron chi connectivity index (χ4n) is 2.48. The van der Waals surface area contributed by atoms with Crippen molar-refractivity contribution >= 4 is 11.6 Å². The molecule has 0 bridgehead atoms. The highest BCUT2D eigenvalue weighted by Gasteiger charge is 2.29. The van der Waals surface area contributed by atoms with Crippen LogP contribution >= 0.6 is 0 Å². The Balaban J connectivity index is 2.18. The molecule has 6 nitrogen and oxygen atoms in total. The van der Waals surface area contributed by atoms with Gasteiger partial charge in [-0.15, -0.1) is 0 Å². The van der Waals surface area contributed by atoms with Gasteiger partial charge in [-0.25, -0.2) is 0 Å². The first-order valence-corrected chi connectivity index (χ1v) is 6.68. The van der Waals surface area contributed by atoms with Gasteiger partial charge >= 0.3 is 0 Å². The maximum Gasteiger partial charge on any atom is 0.254 e. The highest BCUT2D eigenvalue weighted by molar-refractivity contribution is 5.96. The van der Waals surface area contributed by atoms with Crippen molar-refractivity contribution in [3.8, 4) is 0 Å². The number of hydrazine groups is 1. The van der Waals surface area contributed by atoms with Gasteiger partial charge in [-0.1, -0.05) is 0 Å². The smallest absolute Gasteiger partial charge is 0.254 e. The SMILES string of the molecule is Cc1cc(NN)ccc1C(=O)N1CC(C)OC(CO)C1. The Labute approximate surface area is 118 Å². The number of aliphatic hydroxyl groups is 1. The van der Waals surface area contributed by atoms with Crippen LogP contribution in [0.1, 0.15) is 22.8 Å². The lowest BCUT2D eigenvalue weighted by Gasteiger charge is -2.36. The minimum absolute atomic E-state index is 0.0420. The zero-order chi connectivity index (χ0) is 14.7. The predicted molar refractivity (Wildman–Crippen MR) is 76.3 cm³/mol. The molecule has 1 amide bonds. The number of amides is 1. The largest absolute Gasteiger partial charge is 0.394 e. The topological polar surface area (TPSA) is 87.8 Å². The number of hydrogen-bond donors (Lipinski definition) is 3. The molecular weight excluding hydrogens is 258 g/mol. The molecule has 0 spiro atoms. The fraction of sp³-hybridized carbons (Fsp3) is 0.500. The van der Waals surface area contributed by atoms with E-state index in [2.05, 4.69) is 5.43 Å². The summed E-state index contributed by atoms with van der Waals surface area (Å²) in [5.74, 6) is 5.31. The van der Waals surface area contributed by atoms with Crippen LogP contribution < -0.4 is 11.3 Å². The molecule has 1 aliphatic rings. The van der Waals surface area contributed by atoms with Crippen molar-refractivity contribution in [2.45, 2.75) is 26.1 Å². The Kier molecular flexibility index (Phi) is 4.59. The van der Waals surface area contributed by atoms with Crippen LogP contribution in [-0.4, -0.2) is 47.8 Å². The van der Waals surface area contributed by atoms with Crippen molar-refractivity contribution in [1.82, 2.24) is 4.90 Å². The van der Waals surface area contributed by atoms with Crippen LogP contribution in [0.2, 0.25) is 0 Å². The van der Waals surface area contributed by atoms with Crippen LogP contribution in [0, 0.1) is 6.92 Å². The number of morpholine rings is 1. The van der Waals surface area contributed by atoms with E-state index in [1.165, 1.54) is 0 Å². The van der Waals surface area contributed by atoms with Crippen LogP contribution in [0.4, 0.5) is 5.69 Å². The maximum absolute atomic E-state index is 12.6. The number of benzene rings is 1. The molecule has 1 aromatic carbocycles. The predicted octanol–water partition coefficient (Wildman–Crippen LogP) is 0.502. The quantitative estimate of drug-likeness (QED) is 0.554. The third-order valence-corrected chi connectivity index (χ3v) is 3.44. The lowest BCUT2D eigenvalue weighted by Crippen LogP contribution is -2.50. The normalized spacial score (nSPS) is 22.7. The molecule has 1 aromatic rings. The molecule has 2 rings (SSSR count). The van der Waals surface area contributed by atoms with Gasteiger partial charge in [0.25, 0.3) is 5.91 Å². The number of hydrogen-bond acceptors (Lipinski definition) is 5. The summed E-state index contributed by atoms with van der Waals surface area (Å²) >= 11 is 0. The van der Waals surface area contributed by atoms with E-state index in [0.717, 1.165) is 11.3 Å². The molecule has 2 unspecified atom stereocenters. The third kappa shape index (κ3) is 3.09.